The molecule has 6 heteroatoms. The molecule has 0 N–H and O–H groups in total. The summed E-state index contributed by atoms with van der Waals surface area (Å²) in [6.45, 7) is 2.35. The first-order valence-corrected chi connectivity index (χ1v) is 8.94. The Bertz CT molecular complexity index is 697. The van der Waals surface area contributed by atoms with Gasteiger partial charge >= 0.3 is 0 Å². The zero-order chi connectivity index (χ0) is 15.4. The van der Waals surface area contributed by atoms with Crippen LogP contribution < -0.4 is 4.90 Å². The lowest BCUT2D eigenvalue weighted by Gasteiger charge is -2.34. The Balaban J connectivity index is 1.63. The van der Waals surface area contributed by atoms with E-state index in [0.717, 1.165) is 11.4 Å². The Morgan fingerprint density at radius 1 is 0.909 bits per heavy atom. The Morgan fingerprint density at radius 2 is 1.59 bits per heavy atom. The van der Waals surface area contributed by atoms with Crippen molar-refractivity contribution in [2.45, 2.75) is 5.75 Å². The highest BCUT2D eigenvalue weighted by Gasteiger charge is 2.27. The quantitative estimate of drug-likeness (QED) is 0.862. The summed E-state index contributed by atoms with van der Waals surface area (Å²) < 4.78 is 26.6. The summed E-state index contributed by atoms with van der Waals surface area (Å²) >= 11 is 0. The van der Waals surface area contributed by atoms with Crippen molar-refractivity contribution in [3.8, 4) is 0 Å². The van der Waals surface area contributed by atoms with E-state index in [9.17, 15) is 8.42 Å². The molecule has 1 aliphatic heterocycles. The fraction of sp³-hybridized carbons (Fsp3) is 0.312. The number of sulfonamides is 1. The number of nitrogens with zero attached hydrogens (tertiary/aromatic N) is 3. The van der Waals surface area contributed by atoms with Gasteiger partial charge in [-0.3, -0.25) is 0 Å². The lowest BCUT2D eigenvalue weighted by atomic mass is 10.2. The number of hydrogen-bond donors (Lipinski definition) is 0. The molecule has 1 aromatic heterocycles. The van der Waals surface area contributed by atoms with Crippen LogP contribution in [0.5, 0.6) is 0 Å². The van der Waals surface area contributed by atoms with Gasteiger partial charge in [-0.15, -0.1) is 0 Å². The van der Waals surface area contributed by atoms with Gasteiger partial charge in [0.15, 0.2) is 0 Å². The summed E-state index contributed by atoms with van der Waals surface area (Å²) in [6, 6.07) is 15.1. The Labute approximate surface area is 131 Å². The number of piperazine rings is 1. The van der Waals surface area contributed by atoms with Gasteiger partial charge in [0.25, 0.3) is 0 Å². The number of pyridine rings is 1. The average molecular weight is 317 g/mol. The molecule has 1 fully saturated rings. The molecule has 0 amide bonds. The molecule has 0 atom stereocenters. The van der Waals surface area contributed by atoms with Gasteiger partial charge in [0, 0.05) is 32.4 Å². The van der Waals surface area contributed by atoms with Crippen LogP contribution in [-0.4, -0.2) is 43.9 Å². The summed E-state index contributed by atoms with van der Waals surface area (Å²) in [7, 11) is -3.26. The second-order valence-electron chi connectivity index (χ2n) is 5.32. The van der Waals surface area contributed by atoms with E-state index in [4.69, 9.17) is 0 Å². The van der Waals surface area contributed by atoms with Crippen LogP contribution in [0, 0.1) is 0 Å². The monoisotopic (exact) mass is 317 g/mol. The maximum absolute atomic E-state index is 12.5. The zero-order valence-corrected chi connectivity index (χ0v) is 13.1. The third-order valence-corrected chi connectivity index (χ3v) is 5.65. The first-order valence-electron chi connectivity index (χ1n) is 7.33. The van der Waals surface area contributed by atoms with Crippen LogP contribution in [0.15, 0.2) is 54.7 Å². The molecular weight excluding hydrogens is 298 g/mol. The summed E-state index contributed by atoms with van der Waals surface area (Å²) in [6.07, 6.45) is 1.76. The fourth-order valence-electron chi connectivity index (χ4n) is 2.61. The van der Waals surface area contributed by atoms with Crippen LogP contribution in [-0.2, 0) is 15.8 Å². The maximum atomic E-state index is 12.5. The lowest BCUT2D eigenvalue weighted by molar-refractivity contribution is 0.383. The van der Waals surface area contributed by atoms with Gasteiger partial charge in [0.2, 0.25) is 10.0 Å². The molecule has 5 nitrogen and oxygen atoms in total. The lowest BCUT2D eigenvalue weighted by Crippen LogP contribution is -2.49. The largest absolute Gasteiger partial charge is 0.354 e. The third-order valence-electron chi connectivity index (χ3n) is 3.80. The maximum Gasteiger partial charge on any atom is 0.218 e. The van der Waals surface area contributed by atoms with E-state index in [-0.39, 0.29) is 5.75 Å². The van der Waals surface area contributed by atoms with E-state index < -0.39 is 10.0 Å². The summed E-state index contributed by atoms with van der Waals surface area (Å²) in [5.74, 6) is 0.972. The first kappa shape index (κ1) is 15.0. The highest BCUT2D eigenvalue weighted by atomic mass is 32.2. The minimum Gasteiger partial charge on any atom is -0.354 e. The molecule has 2 heterocycles. The van der Waals surface area contributed by atoms with Crippen molar-refractivity contribution in [2.75, 3.05) is 31.1 Å². The molecule has 1 saturated heterocycles. The molecule has 3 rings (SSSR count). The van der Waals surface area contributed by atoms with Gasteiger partial charge < -0.3 is 4.90 Å². The van der Waals surface area contributed by atoms with Crippen molar-refractivity contribution in [3.05, 3.63) is 60.3 Å². The van der Waals surface area contributed by atoms with E-state index in [1.165, 1.54) is 0 Å². The molecule has 0 spiro atoms. The molecule has 1 aliphatic rings. The predicted molar refractivity (Wildman–Crippen MR) is 87.1 cm³/mol. The normalized spacial score (nSPS) is 16.6. The van der Waals surface area contributed by atoms with Gasteiger partial charge in [-0.05, 0) is 17.7 Å². The second kappa shape index (κ2) is 6.46. The number of benzene rings is 1. The van der Waals surface area contributed by atoms with Gasteiger partial charge in [-0.25, -0.2) is 13.4 Å². The van der Waals surface area contributed by atoms with E-state index in [2.05, 4.69) is 9.88 Å². The van der Waals surface area contributed by atoms with E-state index in [1.807, 2.05) is 48.5 Å². The van der Waals surface area contributed by atoms with Crippen molar-refractivity contribution < 1.29 is 8.42 Å². The molecule has 1 aromatic carbocycles. The third kappa shape index (κ3) is 3.45. The summed E-state index contributed by atoms with van der Waals surface area (Å²) in [4.78, 5) is 6.43. The van der Waals surface area contributed by atoms with Gasteiger partial charge in [0.1, 0.15) is 5.82 Å². The minimum absolute atomic E-state index is 0.0669. The summed E-state index contributed by atoms with van der Waals surface area (Å²) in [5, 5.41) is 0. The van der Waals surface area contributed by atoms with Gasteiger partial charge in [-0.2, -0.15) is 4.31 Å². The number of aromatic nitrogens is 1. The molecule has 0 saturated carbocycles. The van der Waals surface area contributed by atoms with Crippen molar-refractivity contribution >= 4 is 15.8 Å². The zero-order valence-electron chi connectivity index (χ0n) is 12.3. The Hall–Kier alpha value is -1.92. The Morgan fingerprint density at radius 3 is 2.23 bits per heavy atom. The number of anilines is 1. The van der Waals surface area contributed by atoms with E-state index in [0.29, 0.717) is 26.2 Å². The van der Waals surface area contributed by atoms with Gasteiger partial charge in [0.05, 0.1) is 5.75 Å². The highest BCUT2D eigenvalue weighted by molar-refractivity contribution is 7.88. The standard InChI is InChI=1S/C16H19N3O2S/c20-22(21,14-15-6-2-1-3-7-15)19-12-10-18(11-13-19)16-8-4-5-9-17-16/h1-9H,10-14H2. The van der Waals surface area contributed by atoms with Crippen molar-refractivity contribution in [1.29, 1.82) is 0 Å². The fourth-order valence-corrected chi connectivity index (χ4v) is 4.13. The van der Waals surface area contributed by atoms with Crippen LogP contribution in [0.25, 0.3) is 0 Å². The molecule has 22 heavy (non-hydrogen) atoms. The van der Waals surface area contributed by atoms with Crippen molar-refractivity contribution in [2.24, 2.45) is 0 Å². The highest BCUT2D eigenvalue weighted by Crippen LogP contribution is 2.17. The molecular formula is C16H19N3O2S. The molecule has 0 aliphatic carbocycles. The van der Waals surface area contributed by atoms with Crippen LogP contribution in [0.1, 0.15) is 5.56 Å². The molecule has 2 aromatic rings. The summed E-state index contributed by atoms with van der Waals surface area (Å²) in [5.41, 5.74) is 0.828. The SMILES string of the molecule is O=S(=O)(Cc1ccccc1)N1CCN(c2ccccn2)CC1. The van der Waals surface area contributed by atoms with E-state index in [1.54, 1.807) is 10.5 Å². The van der Waals surface area contributed by atoms with Crippen LogP contribution in [0.3, 0.4) is 0 Å². The van der Waals surface area contributed by atoms with Crippen LogP contribution in [0.2, 0.25) is 0 Å². The van der Waals surface area contributed by atoms with E-state index >= 15 is 0 Å². The second-order valence-corrected chi connectivity index (χ2v) is 7.28. The molecule has 0 bridgehead atoms. The van der Waals surface area contributed by atoms with Crippen molar-refractivity contribution in [3.63, 3.8) is 0 Å². The minimum atomic E-state index is -3.26. The predicted octanol–water partition coefficient (Wildman–Crippen LogP) is 1.73. The topological polar surface area (TPSA) is 53.5 Å². The molecule has 116 valence electrons. The average Bonchev–Trinajstić information content (AvgIpc) is 2.56. The smallest absolute Gasteiger partial charge is 0.218 e. The molecule has 0 radical (unpaired) electrons. The van der Waals surface area contributed by atoms with Crippen LogP contribution in [0.4, 0.5) is 5.82 Å². The van der Waals surface area contributed by atoms with Gasteiger partial charge in [-0.1, -0.05) is 36.4 Å². The van der Waals surface area contributed by atoms with Crippen LogP contribution >= 0.6 is 0 Å². The number of rotatable bonds is 4. The first-order chi connectivity index (χ1) is 10.6. The van der Waals surface area contributed by atoms with Crippen molar-refractivity contribution in [1.82, 2.24) is 9.29 Å². The molecule has 0 unspecified atom stereocenters. The number of hydrogen-bond acceptors (Lipinski definition) is 4. The Kier molecular flexibility index (Phi) is 4.40.